The van der Waals surface area contributed by atoms with E-state index in [-0.39, 0.29) is 24.1 Å². The van der Waals surface area contributed by atoms with E-state index in [0.717, 1.165) is 0 Å². The van der Waals surface area contributed by atoms with E-state index < -0.39 is 6.09 Å². The number of carboxylic acid groups (broad SMARTS) is 1. The van der Waals surface area contributed by atoms with Crippen LogP contribution in [0.5, 0.6) is 0 Å². The summed E-state index contributed by atoms with van der Waals surface area (Å²) in [5.74, 6) is 0. The van der Waals surface area contributed by atoms with Crippen LogP contribution in [-0.2, 0) is 0 Å². The summed E-state index contributed by atoms with van der Waals surface area (Å²) in [5, 5.41) is 21.5. The average molecular weight is 216 g/mol. The van der Waals surface area contributed by atoms with Gasteiger partial charge in [0, 0.05) is 13.1 Å². The fourth-order valence-electron chi connectivity index (χ4n) is 2.29. The van der Waals surface area contributed by atoms with Gasteiger partial charge in [-0.05, 0) is 5.41 Å². The van der Waals surface area contributed by atoms with Crippen molar-refractivity contribution in [3.63, 3.8) is 0 Å². The van der Waals surface area contributed by atoms with Gasteiger partial charge in [0.2, 0.25) is 0 Å². The molecule has 0 spiro atoms. The Morgan fingerprint density at radius 3 is 2.53 bits per heavy atom. The number of amides is 1. The second-order valence-electron chi connectivity index (χ2n) is 5.03. The van der Waals surface area contributed by atoms with Gasteiger partial charge in [-0.15, -0.1) is 0 Å². The molecular formula is C10H20N2O3. The van der Waals surface area contributed by atoms with E-state index in [2.05, 4.69) is 5.32 Å². The van der Waals surface area contributed by atoms with Crippen LogP contribution in [0.2, 0.25) is 0 Å². The summed E-state index contributed by atoms with van der Waals surface area (Å²) in [6.45, 7) is 7.01. The molecular weight excluding hydrogens is 196 g/mol. The fourth-order valence-corrected chi connectivity index (χ4v) is 2.29. The van der Waals surface area contributed by atoms with Crippen LogP contribution in [0.3, 0.4) is 0 Å². The van der Waals surface area contributed by atoms with Crippen LogP contribution in [0.15, 0.2) is 0 Å². The predicted octanol–water partition coefficient (Wildman–Crippen LogP) is 0.345. The lowest BCUT2D eigenvalue weighted by molar-refractivity contribution is 0.0246. The normalized spacial score (nSPS) is 27.9. The molecule has 0 radical (unpaired) electrons. The smallest absolute Gasteiger partial charge is 0.407 e. The molecule has 15 heavy (non-hydrogen) atoms. The Labute approximate surface area is 90.1 Å². The molecule has 0 aliphatic carbocycles. The van der Waals surface area contributed by atoms with Crippen molar-refractivity contribution in [1.29, 1.82) is 0 Å². The SMILES string of the molecule is CC(C)(C)C1[C@@H](CO)NCCN1C(=O)O. The van der Waals surface area contributed by atoms with Crippen molar-refractivity contribution in [1.82, 2.24) is 10.2 Å². The van der Waals surface area contributed by atoms with Gasteiger partial charge in [-0.2, -0.15) is 0 Å². The lowest BCUT2D eigenvalue weighted by Crippen LogP contribution is -2.64. The Morgan fingerprint density at radius 1 is 1.53 bits per heavy atom. The number of aliphatic hydroxyl groups excluding tert-OH is 1. The van der Waals surface area contributed by atoms with Gasteiger partial charge in [0.05, 0.1) is 18.7 Å². The molecule has 0 aromatic carbocycles. The first-order valence-electron chi connectivity index (χ1n) is 5.21. The number of hydrogen-bond donors (Lipinski definition) is 3. The number of aliphatic hydroxyl groups is 1. The van der Waals surface area contributed by atoms with Gasteiger partial charge in [-0.3, -0.25) is 0 Å². The monoisotopic (exact) mass is 216 g/mol. The van der Waals surface area contributed by atoms with Crippen LogP contribution in [0.4, 0.5) is 4.79 Å². The van der Waals surface area contributed by atoms with E-state index in [9.17, 15) is 9.90 Å². The molecule has 1 rings (SSSR count). The van der Waals surface area contributed by atoms with Crippen molar-refractivity contribution in [2.45, 2.75) is 32.9 Å². The highest BCUT2D eigenvalue weighted by molar-refractivity contribution is 5.66. The third-order valence-electron chi connectivity index (χ3n) is 2.81. The summed E-state index contributed by atoms with van der Waals surface area (Å²) >= 11 is 0. The molecule has 1 saturated heterocycles. The third-order valence-corrected chi connectivity index (χ3v) is 2.81. The highest BCUT2D eigenvalue weighted by atomic mass is 16.4. The lowest BCUT2D eigenvalue weighted by Gasteiger charge is -2.46. The van der Waals surface area contributed by atoms with Crippen molar-refractivity contribution in [3.05, 3.63) is 0 Å². The second-order valence-corrected chi connectivity index (χ2v) is 5.03. The molecule has 1 unspecified atom stereocenters. The highest BCUT2D eigenvalue weighted by Gasteiger charge is 2.41. The summed E-state index contributed by atoms with van der Waals surface area (Å²) < 4.78 is 0. The molecule has 1 amide bonds. The molecule has 5 heteroatoms. The van der Waals surface area contributed by atoms with E-state index in [1.54, 1.807) is 0 Å². The Kier molecular flexibility index (Phi) is 3.57. The van der Waals surface area contributed by atoms with Crippen LogP contribution < -0.4 is 5.32 Å². The molecule has 5 nitrogen and oxygen atoms in total. The molecule has 0 saturated carbocycles. The summed E-state index contributed by atoms with van der Waals surface area (Å²) in [7, 11) is 0. The molecule has 2 atom stereocenters. The number of piperazine rings is 1. The molecule has 88 valence electrons. The Hall–Kier alpha value is -0.810. The van der Waals surface area contributed by atoms with E-state index in [0.29, 0.717) is 13.1 Å². The number of carbonyl (C=O) groups is 1. The Bertz CT molecular complexity index is 237. The predicted molar refractivity (Wildman–Crippen MR) is 56.9 cm³/mol. The molecule has 1 aliphatic heterocycles. The van der Waals surface area contributed by atoms with Crippen molar-refractivity contribution in [2.75, 3.05) is 19.7 Å². The van der Waals surface area contributed by atoms with E-state index in [4.69, 9.17) is 5.11 Å². The van der Waals surface area contributed by atoms with Crippen molar-refractivity contribution in [2.24, 2.45) is 5.41 Å². The number of nitrogens with zero attached hydrogens (tertiary/aromatic N) is 1. The first-order chi connectivity index (χ1) is 6.88. The van der Waals surface area contributed by atoms with E-state index >= 15 is 0 Å². The maximum Gasteiger partial charge on any atom is 0.407 e. The second kappa shape index (κ2) is 4.37. The molecule has 3 N–H and O–H groups in total. The summed E-state index contributed by atoms with van der Waals surface area (Å²) in [5.41, 5.74) is -0.181. The van der Waals surface area contributed by atoms with Crippen molar-refractivity contribution < 1.29 is 15.0 Å². The largest absolute Gasteiger partial charge is 0.465 e. The average Bonchev–Trinajstić information content (AvgIpc) is 2.15. The molecule has 1 heterocycles. The Morgan fingerprint density at radius 2 is 2.13 bits per heavy atom. The van der Waals surface area contributed by atoms with Gasteiger partial charge in [0.15, 0.2) is 0 Å². The Balaban J connectivity index is 2.91. The van der Waals surface area contributed by atoms with Gasteiger partial charge >= 0.3 is 6.09 Å². The van der Waals surface area contributed by atoms with Crippen LogP contribution in [-0.4, -0.2) is 53.0 Å². The topological polar surface area (TPSA) is 72.8 Å². The van der Waals surface area contributed by atoms with Gasteiger partial charge in [0.25, 0.3) is 0 Å². The molecule has 1 fully saturated rings. The summed E-state index contributed by atoms with van der Waals surface area (Å²) in [6.07, 6.45) is -0.908. The number of nitrogens with one attached hydrogen (secondary N) is 1. The van der Waals surface area contributed by atoms with E-state index in [1.807, 2.05) is 20.8 Å². The molecule has 0 aromatic rings. The fraction of sp³-hybridized carbons (Fsp3) is 0.900. The van der Waals surface area contributed by atoms with Gasteiger partial charge < -0.3 is 20.4 Å². The summed E-state index contributed by atoms with van der Waals surface area (Å²) in [4.78, 5) is 12.5. The minimum Gasteiger partial charge on any atom is -0.465 e. The molecule has 0 bridgehead atoms. The summed E-state index contributed by atoms with van der Waals surface area (Å²) in [6, 6.07) is -0.358. The van der Waals surface area contributed by atoms with Crippen molar-refractivity contribution >= 4 is 6.09 Å². The van der Waals surface area contributed by atoms with Gasteiger partial charge in [0.1, 0.15) is 0 Å². The maximum atomic E-state index is 11.1. The van der Waals surface area contributed by atoms with Gasteiger partial charge in [-0.1, -0.05) is 20.8 Å². The van der Waals surface area contributed by atoms with Crippen LogP contribution >= 0.6 is 0 Å². The zero-order valence-corrected chi connectivity index (χ0v) is 9.53. The van der Waals surface area contributed by atoms with E-state index in [1.165, 1.54) is 4.90 Å². The number of rotatable bonds is 1. The third kappa shape index (κ3) is 2.60. The first kappa shape index (κ1) is 12.3. The van der Waals surface area contributed by atoms with Crippen LogP contribution in [0.25, 0.3) is 0 Å². The van der Waals surface area contributed by atoms with Crippen LogP contribution in [0.1, 0.15) is 20.8 Å². The minimum absolute atomic E-state index is 0.0360. The molecule has 0 aromatic heterocycles. The number of hydrogen-bond acceptors (Lipinski definition) is 3. The first-order valence-corrected chi connectivity index (χ1v) is 5.21. The van der Waals surface area contributed by atoms with Gasteiger partial charge in [-0.25, -0.2) is 4.79 Å². The van der Waals surface area contributed by atoms with Crippen molar-refractivity contribution in [3.8, 4) is 0 Å². The lowest BCUT2D eigenvalue weighted by atomic mass is 9.80. The zero-order valence-electron chi connectivity index (χ0n) is 9.53. The maximum absolute atomic E-state index is 11.1. The highest BCUT2D eigenvalue weighted by Crippen LogP contribution is 2.28. The quantitative estimate of drug-likeness (QED) is 0.591. The zero-order chi connectivity index (χ0) is 11.6. The molecule has 1 aliphatic rings. The minimum atomic E-state index is -0.908. The standard InChI is InChI=1S/C10H20N2O3/c1-10(2,3)8-7(6-13)11-4-5-12(8)9(14)15/h7-8,11,13H,4-6H2,1-3H3,(H,14,15)/t7-,8?/m1/s1. The van der Waals surface area contributed by atoms with Crippen LogP contribution in [0, 0.1) is 5.41 Å².